The molecule has 1 atom stereocenters. The zero-order chi connectivity index (χ0) is 14.8. The predicted octanol–water partition coefficient (Wildman–Crippen LogP) is 1.70. The van der Waals surface area contributed by atoms with Crippen molar-refractivity contribution in [3.63, 3.8) is 0 Å². The van der Waals surface area contributed by atoms with Crippen LogP contribution < -0.4 is 5.73 Å². The van der Waals surface area contributed by atoms with Crippen LogP contribution in [-0.2, 0) is 21.3 Å². The molecular formula is C13H22N2O3S2. The first-order chi connectivity index (χ1) is 9.46. The summed E-state index contributed by atoms with van der Waals surface area (Å²) < 4.78 is 32.4. The Labute approximate surface area is 124 Å². The number of sulfonamides is 1. The molecule has 2 N–H and O–H groups in total. The van der Waals surface area contributed by atoms with Gasteiger partial charge in [-0.2, -0.15) is 4.31 Å². The number of hydrogen-bond donors (Lipinski definition) is 1. The van der Waals surface area contributed by atoms with Crippen LogP contribution in [-0.4, -0.2) is 39.0 Å². The second-order valence-corrected chi connectivity index (χ2v) is 8.10. The Morgan fingerprint density at radius 3 is 2.85 bits per heavy atom. The Morgan fingerprint density at radius 2 is 2.25 bits per heavy atom. The minimum atomic E-state index is -3.48. The second-order valence-electron chi connectivity index (χ2n) is 5.15. The highest BCUT2D eigenvalue weighted by molar-refractivity contribution is 7.89. The summed E-state index contributed by atoms with van der Waals surface area (Å²) in [5.74, 6) is 0. The zero-order valence-electron chi connectivity index (χ0n) is 12.0. The van der Waals surface area contributed by atoms with Crippen LogP contribution in [0.5, 0.6) is 0 Å². The Kier molecular flexibility index (Phi) is 5.19. The summed E-state index contributed by atoms with van der Waals surface area (Å²) >= 11 is 1.40. The van der Waals surface area contributed by atoms with Gasteiger partial charge in [0.05, 0.1) is 6.10 Å². The van der Waals surface area contributed by atoms with E-state index in [1.54, 1.807) is 7.05 Å². The number of hydrogen-bond acceptors (Lipinski definition) is 5. The molecule has 2 heterocycles. The molecule has 7 heteroatoms. The normalized spacial score (nSPS) is 20.5. The second kappa shape index (κ2) is 6.53. The summed E-state index contributed by atoms with van der Waals surface area (Å²) in [7, 11) is -1.87. The average Bonchev–Trinajstić information content (AvgIpc) is 2.81. The van der Waals surface area contributed by atoms with Gasteiger partial charge in [-0.25, -0.2) is 8.42 Å². The first kappa shape index (κ1) is 15.9. The Morgan fingerprint density at radius 1 is 1.50 bits per heavy atom. The molecule has 1 aliphatic rings. The van der Waals surface area contributed by atoms with Crippen molar-refractivity contribution in [2.24, 2.45) is 5.73 Å². The predicted molar refractivity (Wildman–Crippen MR) is 80.4 cm³/mol. The molecule has 114 valence electrons. The topological polar surface area (TPSA) is 72.6 Å². The lowest BCUT2D eigenvalue weighted by Crippen LogP contribution is -2.37. The fourth-order valence-electron chi connectivity index (χ4n) is 2.47. The van der Waals surface area contributed by atoms with Gasteiger partial charge in [-0.15, -0.1) is 11.3 Å². The van der Waals surface area contributed by atoms with Crippen molar-refractivity contribution in [3.05, 3.63) is 15.8 Å². The van der Waals surface area contributed by atoms with E-state index in [-0.39, 0.29) is 12.6 Å². The summed E-state index contributed by atoms with van der Waals surface area (Å²) in [6.07, 6.45) is 3.09. The summed E-state index contributed by atoms with van der Waals surface area (Å²) in [5.41, 5.74) is 6.42. The van der Waals surface area contributed by atoms with Crippen LogP contribution in [0.2, 0.25) is 0 Å². The monoisotopic (exact) mass is 318 g/mol. The number of ether oxygens (including phenoxy) is 1. The fraction of sp³-hybridized carbons (Fsp3) is 0.692. The molecule has 1 unspecified atom stereocenters. The SMILES string of the molecule is Cc1csc(CN)c1S(=O)(=O)N(C)CC1CCCCO1. The molecule has 0 amide bonds. The van der Waals surface area contributed by atoms with Gasteiger partial charge in [0, 0.05) is 31.6 Å². The third-order valence-corrected chi connectivity index (χ3v) is 6.89. The van der Waals surface area contributed by atoms with Gasteiger partial charge >= 0.3 is 0 Å². The van der Waals surface area contributed by atoms with Crippen LogP contribution in [0.25, 0.3) is 0 Å². The van der Waals surface area contributed by atoms with E-state index in [9.17, 15) is 8.42 Å². The molecule has 0 radical (unpaired) electrons. The number of aryl methyl sites for hydroxylation is 1. The maximum atomic E-state index is 12.7. The van der Waals surface area contributed by atoms with Gasteiger partial charge in [0.15, 0.2) is 0 Å². The molecule has 0 bridgehead atoms. The lowest BCUT2D eigenvalue weighted by molar-refractivity contribution is 0.00858. The largest absolute Gasteiger partial charge is 0.377 e. The Balaban J connectivity index is 2.18. The molecule has 0 spiro atoms. The van der Waals surface area contributed by atoms with Crippen molar-refractivity contribution in [2.75, 3.05) is 20.2 Å². The summed E-state index contributed by atoms with van der Waals surface area (Å²) in [6.45, 7) is 3.19. The van der Waals surface area contributed by atoms with Gasteiger partial charge in [-0.3, -0.25) is 0 Å². The minimum absolute atomic E-state index is 0.00351. The van der Waals surface area contributed by atoms with Gasteiger partial charge in [-0.05, 0) is 37.1 Å². The number of thiophene rings is 1. The standard InChI is InChI=1S/C13H22N2O3S2/c1-10-9-19-12(7-14)13(10)20(16,17)15(2)8-11-5-3-4-6-18-11/h9,11H,3-8,14H2,1-2H3. The molecule has 0 aromatic carbocycles. The van der Waals surface area contributed by atoms with Crippen molar-refractivity contribution < 1.29 is 13.2 Å². The minimum Gasteiger partial charge on any atom is -0.377 e. The van der Waals surface area contributed by atoms with Gasteiger partial charge < -0.3 is 10.5 Å². The molecular weight excluding hydrogens is 296 g/mol. The first-order valence-corrected chi connectivity index (χ1v) is 9.13. The number of nitrogens with zero attached hydrogens (tertiary/aromatic N) is 1. The molecule has 1 aromatic rings. The van der Waals surface area contributed by atoms with E-state index >= 15 is 0 Å². The highest BCUT2D eigenvalue weighted by Crippen LogP contribution is 2.29. The lowest BCUT2D eigenvalue weighted by atomic mass is 10.1. The van der Waals surface area contributed by atoms with Crippen molar-refractivity contribution in [1.29, 1.82) is 0 Å². The van der Waals surface area contributed by atoms with E-state index in [0.29, 0.717) is 11.4 Å². The van der Waals surface area contributed by atoms with E-state index in [4.69, 9.17) is 10.5 Å². The lowest BCUT2D eigenvalue weighted by Gasteiger charge is -2.27. The molecule has 20 heavy (non-hydrogen) atoms. The van der Waals surface area contributed by atoms with E-state index in [1.807, 2.05) is 12.3 Å². The first-order valence-electron chi connectivity index (χ1n) is 6.81. The quantitative estimate of drug-likeness (QED) is 0.897. The van der Waals surface area contributed by atoms with Gasteiger partial charge in [0.1, 0.15) is 4.90 Å². The molecule has 1 aromatic heterocycles. The van der Waals surface area contributed by atoms with Gasteiger partial charge in [-0.1, -0.05) is 0 Å². The molecule has 1 fully saturated rings. The van der Waals surface area contributed by atoms with E-state index in [1.165, 1.54) is 15.6 Å². The third kappa shape index (κ3) is 3.23. The summed E-state index contributed by atoms with van der Waals surface area (Å²) in [4.78, 5) is 1.10. The van der Waals surface area contributed by atoms with Crippen molar-refractivity contribution in [3.8, 4) is 0 Å². The number of nitrogens with two attached hydrogens (primary N) is 1. The molecule has 0 saturated carbocycles. The average molecular weight is 318 g/mol. The van der Waals surface area contributed by atoms with Gasteiger partial charge in [0.2, 0.25) is 10.0 Å². The van der Waals surface area contributed by atoms with E-state index in [0.717, 1.165) is 36.3 Å². The van der Waals surface area contributed by atoms with Crippen molar-refractivity contribution in [1.82, 2.24) is 4.31 Å². The maximum absolute atomic E-state index is 12.7. The van der Waals surface area contributed by atoms with Gasteiger partial charge in [0.25, 0.3) is 0 Å². The van der Waals surface area contributed by atoms with Crippen LogP contribution in [0.3, 0.4) is 0 Å². The van der Waals surface area contributed by atoms with Crippen LogP contribution in [0.15, 0.2) is 10.3 Å². The molecule has 1 aliphatic heterocycles. The van der Waals surface area contributed by atoms with Crippen LogP contribution >= 0.6 is 11.3 Å². The fourth-order valence-corrected chi connectivity index (χ4v) is 5.31. The highest BCUT2D eigenvalue weighted by Gasteiger charge is 2.29. The maximum Gasteiger partial charge on any atom is 0.244 e. The summed E-state index contributed by atoms with van der Waals surface area (Å²) in [6, 6.07) is 0. The van der Waals surface area contributed by atoms with Crippen LogP contribution in [0, 0.1) is 6.92 Å². The number of likely N-dealkylation sites (N-methyl/N-ethyl adjacent to an activating group) is 1. The van der Waals surface area contributed by atoms with Crippen LogP contribution in [0.1, 0.15) is 29.7 Å². The number of rotatable bonds is 5. The molecule has 5 nitrogen and oxygen atoms in total. The van der Waals surface area contributed by atoms with E-state index < -0.39 is 10.0 Å². The van der Waals surface area contributed by atoms with Crippen LogP contribution in [0.4, 0.5) is 0 Å². The van der Waals surface area contributed by atoms with E-state index in [2.05, 4.69) is 0 Å². The Hall–Kier alpha value is -0.470. The summed E-state index contributed by atoms with van der Waals surface area (Å²) in [5, 5.41) is 1.85. The molecule has 2 rings (SSSR count). The molecule has 0 aliphatic carbocycles. The zero-order valence-corrected chi connectivity index (χ0v) is 13.6. The Bertz CT molecular complexity index is 548. The smallest absolute Gasteiger partial charge is 0.244 e. The third-order valence-electron chi connectivity index (χ3n) is 3.58. The van der Waals surface area contributed by atoms with Crippen molar-refractivity contribution in [2.45, 2.75) is 43.7 Å². The van der Waals surface area contributed by atoms with Crippen molar-refractivity contribution >= 4 is 21.4 Å². The molecule has 1 saturated heterocycles. The highest BCUT2D eigenvalue weighted by atomic mass is 32.2.